The fourth-order valence-corrected chi connectivity index (χ4v) is 3.79. The topological polar surface area (TPSA) is 100 Å². The first-order valence-corrected chi connectivity index (χ1v) is 8.85. The van der Waals surface area contributed by atoms with E-state index in [0.717, 1.165) is 23.3 Å². The highest BCUT2D eigenvalue weighted by Crippen LogP contribution is 2.43. The van der Waals surface area contributed by atoms with Gasteiger partial charge in [-0.25, -0.2) is 4.79 Å². The SMILES string of the molecule is COC1CCC2C(=O)C(N=NC(=O)NSc3ccccc3)=C(O)C2C1. The van der Waals surface area contributed by atoms with E-state index < -0.39 is 6.03 Å². The lowest BCUT2D eigenvalue weighted by atomic mass is 9.79. The summed E-state index contributed by atoms with van der Waals surface area (Å²) in [6, 6.07) is 8.57. The summed E-state index contributed by atoms with van der Waals surface area (Å²) in [5.74, 6) is -0.905. The molecule has 0 radical (unpaired) electrons. The van der Waals surface area contributed by atoms with Crippen molar-refractivity contribution in [2.45, 2.75) is 30.3 Å². The molecule has 25 heavy (non-hydrogen) atoms. The average Bonchev–Trinajstić information content (AvgIpc) is 2.89. The van der Waals surface area contributed by atoms with Gasteiger partial charge in [0.05, 0.1) is 6.10 Å². The van der Waals surface area contributed by atoms with Gasteiger partial charge in [-0.3, -0.25) is 9.52 Å². The van der Waals surface area contributed by atoms with Gasteiger partial charge in [-0.05, 0) is 43.3 Å². The molecule has 1 aromatic carbocycles. The van der Waals surface area contributed by atoms with Gasteiger partial charge in [0.15, 0.2) is 11.5 Å². The minimum absolute atomic E-state index is 0.0260. The predicted molar refractivity (Wildman–Crippen MR) is 92.0 cm³/mol. The Bertz CT molecular complexity index is 720. The van der Waals surface area contributed by atoms with Crippen LogP contribution in [0.15, 0.2) is 56.9 Å². The second-order valence-electron chi connectivity index (χ2n) is 6.00. The molecule has 0 aliphatic heterocycles. The minimum Gasteiger partial charge on any atom is -0.510 e. The number of ketones is 1. The Morgan fingerprint density at radius 3 is 2.76 bits per heavy atom. The van der Waals surface area contributed by atoms with Crippen LogP contribution in [0, 0.1) is 11.8 Å². The van der Waals surface area contributed by atoms with Gasteiger partial charge in [0.1, 0.15) is 5.76 Å². The highest BCUT2D eigenvalue weighted by molar-refractivity contribution is 7.98. The highest BCUT2D eigenvalue weighted by atomic mass is 32.2. The van der Waals surface area contributed by atoms with Crippen LogP contribution in [0.5, 0.6) is 0 Å². The Balaban J connectivity index is 1.63. The molecule has 3 unspecified atom stereocenters. The summed E-state index contributed by atoms with van der Waals surface area (Å²) in [6.45, 7) is 0. The summed E-state index contributed by atoms with van der Waals surface area (Å²) in [6.07, 6.45) is 2.02. The van der Waals surface area contributed by atoms with Gasteiger partial charge in [0, 0.05) is 23.8 Å². The normalized spacial score (nSPS) is 26.1. The lowest BCUT2D eigenvalue weighted by Gasteiger charge is -2.29. The standard InChI is InChI=1S/C17H19N3O4S/c1-24-10-7-8-12-13(9-10)16(22)14(15(12)21)18-19-17(23)20-25-11-5-3-2-4-6-11/h2-6,10,12-13,22H,7-9H2,1H3,(H,20,23). The largest absolute Gasteiger partial charge is 0.510 e. The fraction of sp³-hybridized carbons (Fsp3) is 0.412. The van der Waals surface area contributed by atoms with Crippen LogP contribution in [0.25, 0.3) is 0 Å². The molecule has 1 saturated carbocycles. The molecular formula is C17H19N3O4S. The van der Waals surface area contributed by atoms with Crippen LogP contribution in [-0.2, 0) is 9.53 Å². The minimum atomic E-state index is -0.688. The van der Waals surface area contributed by atoms with Gasteiger partial charge < -0.3 is 9.84 Å². The molecule has 2 amide bonds. The van der Waals surface area contributed by atoms with Gasteiger partial charge in [-0.15, -0.1) is 5.11 Å². The molecule has 7 nitrogen and oxygen atoms in total. The quantitative estimate of drug-likeness (QED) is 0.630. The number of aliphatic hydroxyl groups is 1. The van der Waals surface area contributed by atoms with E-state index in [1.54, 1.807) is 7.11 Å². The van der Waals surface area contributed by atoms with Crippen LogP contribution in [0.2, 0.25) is 0 Å². The van der Waals surface area contributed by atoms with Gasteiger partial charge in [0.2, 0.25) is 0 Å². The molecule has 2 aliphatic rings. The van der Waals surface area contributed by atoms with Crippen molar-refractivity contribution < 1.29 is 19.4 Å². The molecule has 132 valence electrons. The number of hydrogen-bond acceptors (Lipinski definition) is 6. The number of nitrogens with one attached hydrogen (secondary N) is 1. The van der Waals surface area contributed by atoms with E-state index in [1.165, 1.54) is 0 Å². The van der Waals surface area contributed by atoms with Crippen molar-refractivity contribution >= 4 is 23.8 Å². The first kappa shape index (κ1) is 17.6. The van der Waals surface area contributed by atoms with Gasteiger partial charge >= 0.3 is 6.03 Å². The smallest absolute Gasteiger partial charge is 0.369 e. The van der Waals surface area contributed by atoms with E-state index in [9.17, 15) is 14.7 Å². The van der Waals surface area contributed by atoms with Crippen molar-refractivity contribution in [2.75, 3.05) is 7.11 Å². The molecule has 2 aliphatic carbocycles. The third-order valence-corrected chi connectivity index (χ3v) is 5.32. The molecule has 0 saturated heterocycles. The Kier molecular flexibility index (Phi) is 5.50. The molecule has 3 atom stereocenters. The number of allylic oxidation sites excluding steroid dienone is 2. The summed E-state index contributed by atoms with van der Waals surface area (Å²) in [5, 5.41) is 17.5. The third kappa shape index (κ3) is 3.91. The molecule has 2 N–H and O–H groups in total. The Morgan fingerprint density at radius 2 is 2.04 bits per heavy atom. The number of urea groups is 1. The second-order valence-corrected chi connectivity index (χ2v) is 6.88. The molecule has 0 spiro atoms. The van der Waals surface area contributed by atoms with Crippen LogP contribution in [0.3, 0.4) is 0 Å². The Labute approximate surface area is 149 Å². The van der Waals surface area contributed by atoms with E-state index in [4.69, 9.17) is 4.74 Å². The molecule has 1 aromatic rings. The first-order valence-electron chi connectivity index (χ1n) is 8.04. The number of azo groups is 1. The lowest BCUT2D eigenvalue weighted by Crippen LogP contribution is -2.30. The summed E-state index contributed by atoms with van der Waals surface area (Å²) >= 11 is 1.10. The number of Topliss-reactive ketones (excluding diaryl/α,β-unsaturated/α-hetero) is 1. The average molecular weight is 361 g/mol. The first-order chi connectivity index (χ1) is 12.1. The van der Waals surface area contributed by atoms with Crippen LogP contribution in [0.4, 0.5) is 4.79 Å². The predicted octanol–water partition coefficient (Wildman–Crippen LogP) is 3.64. The van der Waals surface area contributed by atoms with Crippen LogP contribution < -0.4 is 4.72 Å². The molecule has 0 aromatic heterocycles. The molecular weight excluding hydrogens is 342 g/mol. The number of fused-ring (bicyclic) bond motifs is 1. The van der Waals surface area contributed by atoms with E-state index >= 15 is 0 Å². The van der Waals surface area contributed by atoms with Crippen molar-refractivity contribution in [3.63, 3.8) is 0 Å². The number of aliphatic hydroxyl groups excluding tert-OH is 1. The van der Waals surface area contributed by atoms with E-state index in [-0.39, 0.29) is 35.2 Å². The van der Waals surface area contributed by atoms with E-state index in [1.807, 2.05) is 30.3 Å². The zero-order valence-corrected chi connectivity index (χ0v) is 14.5. The maximum absolute atomic E-state index is 12.4. The van der Waals surface area contributed by atoms with Gasteiger partial charge in [-0.1, -0.05) is 23.3 Å². The van der Waals surface area contributed by atoms with Crippen LogP contribution in [0.1, 0.15) is 19.3 Å². The maximum Gasteiger partial charge on any atom is 0.369 e. The van der Waals surface area contributed by atoms with Crippen molar-refractivity contribution in [1.29, 1.82) is 0 Å². The number of carbonyl (C=O) groups is 2. The number of rotatable bonds is 4. The number of nitrogens with zero attached hydrogens (tertiary/aromatic N) is 2. The summed E-state index contributed by atoms with van der Waals surface area (Å²) in [5.41, 5.74) is -0.105. The summed E-state index contributed by atoms with van der Waals surface area (Å²) < 4.78 is 7.84. The Hall–Kier alpha value is -2.19. The van der Waals surface area contributed by atoms with Crippen LogP contribution in [-0.4, -0.2) is 30.1 Å². The van der Waals surface area contributed by atoms with Crippen molar-refractivity contribution in [1.82, 2.24) is 4.72 Å². The lowest BCUT2D eigenvalue weighted by molar-refractivity contribution is -0.121. The van der Waals surface area contributed by atoms with Gasteiger partial charge in [0.25, 0.3) is 0 Å². The summed E-state index contributed by atoms with van der Waals surface area (Å²) in [4.78, 5) is 25.0. The van der Waals surface area contributed by atoms with Gasteiger partial charge in [-0.2, -0.15) is 0 Å². The van der Waals surface area contributed by atoms with Crippen LogP contribution >= 0.6 is 11.9 Å². The number of hydrogen-bond donors (Lipinski definition) is 2. The monoisotopic (exact) mass is 361 g/mol. The molecule has 8 heteroatoms. The fourth-order valence-electron chi connectivity index (χ4n) is 3.25. The van der Waals surface area contributed by atoms with E-state index in [0.29, 0.717) is 12.8 Å². The maximum atomic E-state index is 12.4. The van der Waals surface area contributed by atoms with Crippen molar-refractivity contribution in [3.05, 3.63) is 41.8 Å². The highest BCUT2D eigenvalue weighted by Gasteiger charge is 2.46. The molecule has 1 fully saturated rings. The summed E-state index contributed by atoms with van der Waals surface area (Å²) in [7, 11) is 1.62. The third-order valence-electron chi connectivity index (χ3n) is 4.54. The molecule has 3 rings (SSSR count). The van der Waals surface area contributed by atoms with Crippen molar-refractivity contribution in [3.8, 4) is 0 Å². The second kappa shape index (κ2) is 7.79. The number of amides is 2. The van der Waals surface area contributed by atoms with Crippen molar-refractivity contribution in [2.24, 2.45) is 22.1 Å². The zero-order chi connectivity index (χ0) is 17.8. The molecule has 0 heterocycles. The Morgan fingerprint density at radius 1 is 1.28 bits per heavy atom. The number of carbonyl (C=O) groups excluding carboxylic acids is 2. The number of methoxy groups -OCH3 is 1. The molecule has 0 bridgehead atoms. The number of ether oxygens (including phenoxy) is 1. The zero-order valence-electron chi connectivity index (χ0n) is 13.7. The number of benzene rings is 1. The van der Waals surface area contributed by atoms with E-state index in [2.05, 4.69) is 15.0 Å².